The van der Waals surface area contributed by atoms with E-state index in [0.717, 1.165) is 25.3 Å². The van der Waals surface area contributed by atoms with Crippen LogP contribution in [0.5, 0.6) is 0 Å². The Hall–Kier alpha value is -2.12. The summed E-state index contributed by atoms with van der Waals surface area (Å²) in [6.07, 6.45) is -1.88. The molecule has 0 atom stereocenters. The molecule has 0 radical (unpaired) electrons. The maximum absolute atomic E-state index is 12.6. The smallest absolute Gasteiger partial charge is 0.279 e. The van der Waals surface area contributed by atoms with Crippen LogP contribution >= 0.6 is 0 Å². The Bertz CT molecular complexity index is 717. The predicted octanol–water partition coefficient (Wildman–Crippen LogP) is 1.84. The van der Waals surface area contributed by atoms with E-state index in [4.69, 9.17) is 0 Å². The van der Waals surface area contributed by atoms with E-state index < -0.39 is 11.9 Å². The van der Waals surface area contributed by atoms with Crippen LogP contribution in [-0.2, 0) is 25.7 Å². The highest BCUT2D eigenvalue weighted by atomic mass is 19.4. The summed E-state index contributed by atoms with van der Waals surface area (Å²) in [5.74, 6) is 0.693. The largest absolute Gasteiger partial charge is 0.433 e. The number of rotatable bonds is 2. The summed E-state index contributed by atoms with van der Waals surface area (Å²) in [4.78, 5) is 15.7. The lowest BCUT2D eigenvalue weighted by atomic mass is 10.2. The van der Waals surface area contributed by atoms with Crippen molar-refractivity contribution in [3.8, 4) is 0 Å². The Morgan fingerprint density at radius 1 is 1.24 bits per heavy atom. The lowest BCUT2D eigenvalue weighted by molar-refractivity contribution is -0.141. The zero-order chi connectivity index (χ0) is 15.0. The van der Waals surface area contributed by atoms with Gasteiger partial charge in [0.05, 0.1) is 12.2 Å². The molecule has 0 amide bonds. The van der Waals surface area contributed by atoms with Gasteiger partial charge in [-0.15, -0.1) is 0 Å². The molecule has 3 heterocycles. The summed E-state index contributed by atoms with van der Waals surface area (Å²) in [5, 5.41) is 4.18. The molecule has 2 aromatic heterocycles. The van der Waals surface area contributed by atoms with Crippen molar-refractivity contribution in [1.82, 2.24) is 19.3 Å². The van der Waals surface area contributed by atoms with Crippen molar-refractivity contribution in [2.75, 3.05) is 0 Å². The third kappa shape index (κ3) is 2.70. The van der Waals surface area contributed by atoms with Crippen molar-refractivity contribution < 1.29 is 13.2 Å². The number of aromatic nitrogens is 4. The average molecular weight is 298 g/mol. The number of hydrogen-bond donors (Lipinski definition) is 0. The minimum absolute atomic E-state index is 0.0528. The van der Waals surface area contributed by atoms with Gasteiger partial charge in [-0.1, -0.05) is 6.07 Å². The molecule has 0 unspecified atom stereocenters. The predicted molar refractivity (Wildman–Crippen MR) is 67.8 cm³/mol. The van der Waals surface area contributed by atoms with E-state index in [1.165, 1.54) is 16.8 Å². The fraction of sp³-hybridized carbons (Fsp3) is 0.462. The van der Waals surface area contributed by atoms with E-state index in [2.05, 4.69) is 10.1 Å². The van der Waals surface area contributed by atoms with Gasteiger partial charge >= 0.3 is 11.9 Å². The molecule has 8 heteroatoms. The summed E-state index contributed by atoms with van der Waals surface area (Å²) in [7, 11) is 0. The highest BCUT2D eigenvalue weighted by Crippen LogP contribution is 2.27. The molecular weight excluding hydrogens is 285 g/mol. The number of alkyl halides is 3. The topological polar surface area (TPSA) is 52.7 Å². The molecule has 1 aliphatic heterocycles. The highest BCUT2D eigenvalue weighted by Gasteiger charge is 2.32. The quantitative estimate of drug-likeness (QED) is 0.850. The normalized spacial score (nSPS) is 15.0. The van der Waals surface area contributed by atoms with Crippen LogP contribution in [0.4, 0.5) is 13.2 Å². The molecule has 0 N–H and O–H groups in total. The Morgan fingerprint density at radius 3 is 2.76 bits per heavy atom. The average Bonchev–Trinajstić information content (AvgIpc) is 2.75. The monoisotopic (exact) mass is 298 g/mol. The maximum atomic E-state index is 12.6. The van der Waals surface area contributed by atoms with E-state index in [9.17, 15) is 18.0 Å². The second-order valence-electron chi connectivity index (χ2n) is 4.98. The van der Waals surface area contributed by atoms with Crippen LogP contribution in [0.25, 0.3) is 0 Å². The molecule has 0 spiro atoms. The van der Waals surface area contributed by atoms with Crippen molar-refractivity contribution in [2.24, 2.45) is 0 Å². The summed E-state index contributed by atoms with van der Waals surface area (Å²) in [5.41, 5.74) is -1.08. The molecule has 5 nitrogen and oxygen atoms in total. The Labute approximate surface area is 118 Å². The standard InChI is InChI=1S/C13H13F3N4O/c14-13(15,16)10-5-3-4-9(17-10)8-20-12(21)19-7-2-1-6-11(19)18-20/h3-5H,1-2,6-8H2. The Kier molecular flexibility index (Phi) is 3.30. The number of fused-ring (bicyclic) bond motifs is 1. The lowest BCUT2D eigenvalue weighted by Gasteiger charge is -2.09. The first kappa shape index (κ1) is 13.8. The molecular formula is C13H13F3N4O. The lowest BCUT2D eigenvalue weighted by Crippen LogP contribution is -2.27. The zero-order valence-electron chi connectivity index (χ0n) is 11.1. The third-order valence-electron chi connectivity index (χ3n) is 3.44. The molecule has 0 aliphatic carbocycles. The van der Waals surface area contributed by atoms with Crippen LogP contribution in [-0.4, -0.2) is 19.3 Å². The molecule has 0 saturated carbocycles. The molecule has 0 saturated heterocycles. The van der Waals surface area contributed by atoms with E-state index in [1.54, 1.807) is 4.57 Å². The first-order valence-electron chi connectivity index (χ1n) is 6.65. The van der Waals surface area contributed by atoms with Crippen LogP contribution in [0.15, 0.2) is 23.0 Å². The molecule has 112 valence electrons. The SMILES string of the molecule is O=c1n(Cc2cccc(C(F)(F)F)n2)nc2n1CCCC2. The maximum Gasteiger partial charge on any atom is 0.433 e. The fourth-order valence-corrected chi connectivity index (χ4v) is 2.43. The fourth-order valence-electron chi connectivity index (χ4n) is 2.43. The summed E-state index contributed by atoms with van der Waals surface area (Å²) < 4.78 is 40.6. The van der Waals surface area contributed by atoms with Crippen LogP contribution < -0.4 is 5.69 Å². The summed E-state index contributed by atoms with van der Waals surface area (Å²) in [6.45, 7) is 0.562. The minimum atomic E-state index is -4.49. The van der Waals surface area contributed by atoms with E-state index in [0.29, 0.717) is 12.4 Å². The number of aryl methyl sites for hydroxylation is 1. The van der Waals surface area contributed by atoms with E-state index in [-0.39, 0.29) is 17.9 Å². The van der Waals surface area contributed by atoms with Gasteiger partial charge in [-0.05, 0) is 25.0 Å². The Balaban J connectivity index is 1.91. The minimum Gasteiger partial charge on any atom is -0.279 e. The Morgan fingerprint density at radius 2 is 2.05 bits per heavy atom. The van der Waals surface area contributed by atoms with Crippen LogP contribution in [0.3, 0.4) is 0 Å². The molecule has 0 aromatic carbocycles. The van der Waals surface area contributed by atoms with Gasteiger partial charge in [0.15, 0.2) is 0 Å². The van der Waals surface area contributed by atoms with Crippen molar-refractivity contribution in [2.45, 2.75) is 38.5 Å². The van der Waals surface area contributed by atoms with Crippen molar-refractivity contribution in [1.29, 1.82) is 0 Å². The van der Waals surface area contributed by atoms with Gasteiger partial charge < -0.3 is 0 Å². The first-order valence-corrected chi connectivity index (χ1v) is 6.65. The van der Waals surface area contributed by atoms with Gasteiger partial charge in [0.1, 0.15) is 11.5 Å². The number of nitrogens with zero attached hydrogens (tertiary/aromatic N) is 4. The molecule has 1 aliphatic rings. The second-order valence-corrected chi connectivity index (χ2v) is 4.98. The van der Waals surface area contributed by atoms with Gasteiger partial charge in [-0.2, -0.15) is 18.3 Å². The molecule has 21 heavy (non-hydrogen) atoms. The molecule has 0 bridgehead atoms. The number of hydrogen-bond acceptors (Lipinski definition) is 3. The van der Waals surface area contributed by atoms with E-state index >= 15 is 0 Å². The van der Waals surface area contributed by atoms with E-state index in [1.807, 2.05) is 0 Å². The van der Waals surface area contributed by atoms with Crippen LogP contribution in [0.2, 0.25) is 0 Å². The van der Waals surface area contributed by atoms with Gasteiger partial charge in [0, 0.05) is 13.0 Å². The van der Waals surface area contributed by atoms with Crippen molar-refractivity contribution >= 4 is 0 Å². The molecule has 2 aromatic rings. The van der Waals surface area contributed by atoms with Crippen molar-refractivity contribution in [3.63, 3.8) is 0 Å². The van der Waals surface area contributed by atoms with Crippen LogP contribution in [0, 0.1) is 0 Å². The number of halogens is 3. The third-order valence-corrected chi connectivity index (χ3v) is 3.44. The summed E-state index contributed by atoms with van der Waals surface area (Å²) in [6, 6.07) is 3.65. The van der Waals surface area contributed by atoms with Gasteiger partial charge in [0.25, 0.3) is 0 Å². The zero-order valence-corrected chi connectivity index (χ0v) is 11.1. The first-order chi connectivity index (χ1) is 9.95. The molecule has 0 fully saturated rings. The van der Waals surface area contributed by atoms with Gasteiger partial charge in [0.2, 0.25) is 0 Å². The molecule has 3 rings (SSSR count). The van der Waals surface area contributed by atoms with Gasteiger partial charge in [-0.3, -0.25) is 4.57 Å². The van der Waals surface area contributed by atoms with Crippen molar-refractivity contribution in [3.05, 3.63) is 45.9 Å². The van der Waals surface area contributed by atoms with Gasteiger partial charge in [-0.25, -0.2) is 14.5 Å². The highest BCUT2D eigenvalue weighted by molar-refractivity contribution is 5.14. The number of pyridine rings is 1. The second kappa shape index (κ2) is 5.01. The summed E-state index contributed by atoms with van der Waals surface area (Å²) >= 11 is 0. The van der Waals surface area contributed by atoms with Crippen LogP contribution in [0.1, 0.15) is 30.1 Å².